The van der Waals surface area contributed by atoms with Crippen LogP contribution in [0.25, 0.3) is 6.08 Å². The maximum Gasteiger partial charge on any atom is 0.0948 e. The number of halogens is 1. The number of hydrogen-bond acceptors (Lipinski definition) is 2. The molecule has 0 atom stereocenters. The minimum absolute atomic E-state index is 0. The summed E-state index contributed by atoms with van der Waals surface area (Å²) in [6.45, 7) is 3.02. The number of allylic oxidation sites excluding steroid dienone is 1. The van der Waals surface area contributed by atoms with E-state index in [-0.39, 0.29) is 12.4 Å². The van der Waals surface area contributed by atoms with Gasteiger partial charge in [-0.25, -0.2) is 4.98 Å². The van der Waals surface area contributed by atoms with Crippen LogP contribution in [0.15, 0.2) is 88.7 Å². The number of nitrogens with zero attached hydrogens (tertiary/aromatic N) is 2. The molecule has 2 nitrogen and oxygen atoms in total. The molecule has 0 spiro atoms. The fourth-order valence-corrected chi connectivity index (χ4v) is 3.09. The lowest BCUT2D eigenvalue weighted by atomic mass is 10.1. The van der Waals surface area contributed by atoms with Crippen LogP contribution >= 0.6 is 24.2 Å². The minimum Gasteiger partial charge on any atom is -0.333 e. The second-order valence-electron chi connectivity index (χ2n) is 5.21. The molecule has 2 aromatic carbocycles. The van der Waals surface area contributed by atoms with Gasteiger partial charge in [0.1, 0.15) is 0 Å². The molecule has 0 aliphatic heterocycles. The smallest absolute Gasteiger partial charge is 0.0948 e. The summed E-state index contributed by atoms with van der Waals surface area (Å²) in [7, 11) is 0. The molecule has 0 saturated carbocycles. The highest BCUT2D eigenvalue weighted by atomic mass is 35.5. The summed E-state index contributed by atoms with van der Waals surface area (Å²) >= 11 is 1.79. The Bertz CT molecular complexity index is 735. The van der Waals surface area contributed by atoms with E-state index >= 15 is 0 Å². The third-order valence-electron chi connectivity index (χ3n) is 3.26. The summed E-state index contributed by atoms with van der Waals surface area (Å²) < 4.78 is 2.07. The Morgan fingerprint density at radius 3 is 2.39 bits per heavy atom. The third kappa shape index (κ3) is 5.31. The average Bonchev–Trinajstić information content (AvgIpc) is 3.03. The predicted molar refractivity (Wildman–Crippen MR) is 100 cm³/mol. The van der Waals surface area contributed by atoms with E-state index in [1.165, 1.54) is 20.9 Å². The minimum atomic E-state index is 0. The first-order valence-electron chi connectivity index (χ1n) is 7.25. The average molecular weight is 343 g/mol. The molecule has 0 amide bonds. The summed E-state index contributed by atoms with van der Waals surface area (Å²) in [5, 5.41) is 0. The first-order valence-corrected chi connectivity index (χ1v) is 8.07. The monoisotopic (exact) mass is 342 g/mol. The highest BCUT2D eigenvalue weighted by Crippen LogP contribution is 2.27. The Morgan fingerprint density at radius 2 is 1.74 bits per heavy atom. The molecule has 3 aromatic rings. The third-order valence-corrected chi connectivity index (χ3v) is 4.28. The van der Waals surface area contributed by atoms with Crippen LogP contribution in [0.3, 0.4) is 0 Å². The lowest BCUT2D eigenvalue weighted by molar-refractivity contribution is 0.786. The van der Waals surface area contributed by atoms with Gasteiger partial charge in [-0.05, 0) is 36.8 Å². The van der Waals surface area contributed by atoms with Crippen molar-refractivity contribution in [3.05, 3.63) is 84.5 Å². The van der Waals surface area contributed by atoms with Crippen LogP contribution < -0.4 is 0 Å². The fraction of sp³-hybridized carbons (Fsp3) is 0.105. The molecule has 0 fully saturated rings. The molecular weight excluding hydrogens is 324 g/mol. The Kier molecular flexibility index (Phi) is 6.51. The normalized spacial score (nSPS) is 11.1. The summed E-state index contributed by atoms with van der Waals surface area (Å²) in [5.41, 5.74) is 2.54. The van der Waals surface area contributed by atoms with Gasteiger partial charge in [-0.2, -0.15) is 0 Å². The molecule has 1 heterocycles. The highest BCUT2D eigenvalue weighted by molar-refractivity contribution is 7.99. The zero-order valence-corrected chi connectivity index (χ0v) is 14.6. The second-order valence-corrected chi connectivity index (χ2v) is 6.36. The lowest BCUT2D eigenvalue weighted by Gasteiger charge is -2.04. The van der Waals surface area contributed by atoms with E-state index in [0.717, 1.165) is 6.54 Å². The molecule has 1 aromatic heterocycles. The van der Waals surface area contributed by atoms with Crippen molar-refractivity contribution in [2.45, 2.75) is 23.3 Å². The van der Waals surface area contributed by atoms with Gasteiger partial charge in [0, 0.05) is 28.7 Å². The maximum atomic E-state index is 4.07. The van der Waals surface area contributed by atoms with Crippen molar-refractivity contribution >= 4 is 30.2 Å². The standard InChI is InChI=1S/C19H18N2S.ClH/c1-16(14-21-12-11-20-15-21)13-17-7-9-19(10-8-17)22-18-5-3-2-4-6-18;/h2-13,15H,14H2,1H3;1H. The van der Waals surface area contributed by atoms with Crippen LogP contribution in [-0.2, 0) is 6.54 Å². The predicted octanol–water partition coefficient (Wildman–Crippen LogP) is 5.56. The topological polar surface area (TPSA) is 17.8 Å². The van der Waals surface area contributed by atoms with E-state index in [9.17, 15) is 0 Å². The van der Waals surface area contributed by atoms with Crippen LogP contribution in [0.2, 0.25) is 0 Å². The van der Waals surface area contributed by atoms with Gasteiger partial charge in [-0.15, -0.1) is 12.4 Å². The molecule has 0 radical (unpaired) electrons. The Balaban J connectivity index is 0.00000192. The van der Waals surface area contributed by atoms with E-state index in [1.54, 1.807) is 11.8 Å². The Labute approximate surface area is 147 Å². The fourth-order valence-electron chi connectivity index (χ4n) is 2.26. The number of hydrogen-bond donors (Lipinski definition) is 0. The zero-order chi connectivity index (χ0) is 15.2. The zero-order valence-electron chi connectivity index (χ0n) is 12.9. The van der Waals surface area contributed by atoms with Crippen molar-refractivity contribution in [3.63, 3.8) is 0 Å². The number of rotatable bonds is 5. The van der Waals surface area contributed by atoms with Crippen molar-refractivity contribution in [1.29, 1.82) is 0 Å². The van der Waals surface area contributed by atoms with Crippen LogP contribution in [0.1, 0.15) is 12.5 Å². The first-order chi connectivity index (χ1) is 10.8. The van der Waals surface area contributed by atoms with Crippen LogP contribution in [-0.4, -0.2) is 9.55 Å². The lowest BCUT2D eigenvalue weighted by Crippen LogP contribution is -1.95. The SMILES string of the molecule is CC(=Cc1ccc(Sc2ccccc2)cc1)Cn1ccnc1.Cl. The van der Waals surface area contributed by atoms with Gasteiger partial charge in [-0.1, -0.05) is 53.7 Å². The molecular formula is C19H19ClN2S. The second kappa shape index (κ2) is 8.61. The van der Waals surface area contributed by atoms with E-state index in [2.05, 4.69) is 71.1 Å². The molecule has 0 saturated heterocycles. The quantitative estimate of drug-likeness (QED) is 0.604. The van der Waals surface area contributed by atoms with Crippen molar-refractivity contribution < 1.29 is 0 Å². The molecule has 0 unspecified atom stereocenters. The number of imidazole rings is 1. The molecule has 0 aliphatic carbocycles. The van der Waals surface area contributed by atoms with Crippen molar-refractivity contribution in [2.75, 3.05) is 0 Å². The Morgan fingerprint density at radius 1 is 1.04 bits per heavy atom. The molecule has 23 heavy (non-hydrogen) atoms. The molecule has 3 rings (SSSR count). The van der Waals surface area contributed by atoms with Gasteiger partial charge in [0.15, 0.2) is 0 Å². The summed E-state index contributed by atoms with van der Waals surface area (Å²) in [6.07, 6.45) is 7.85. The summed E-state index contributed by atoms with van der Waals surface area (Å²) in [4.78, 5) is 6.59. The largest absolute Gasteiger partial charge is 0.333 e. The van der Waals surface area contributed by atoms with Crippen molar-refractivity contribution in [1.82, 2.24) is 9.55 Å². The van der Waals surface area contributed by atoms with E-state index in [0.29, 0.717) is 0 Å². The number of benzene rings is 2. The van der Waals surface area contributed by atoms with Gasteiger partial charge in [0.05, 0.1) is 6.33 Å². The van der Waals surface area contributed by atoms with Gasteiger partial charge < -0.3 is 4.57 Å². The van der Waals surface area contributed by atoms with Gasteiger partial charge in [0.25, 0.3) is 0 Å². The van der Waals surface area contributed by atoms with Crippen LogP contribution in [0.4, 0.5) is 0 Å². The van der Waals surface area contributed by atoms with Crippen LogP contribution in [0.5, 0.6) is 0 Å². The highest BCUT2D eigenvalue weighted by Gasteiger charge is 1.98. The number of aromatic nitrogens is 2. The van der Waals surface area contributed by atoms with Gasteiger partial charge in [0.2, 0.25) is 0 Å². The molecule has 4 heteroatoms. The first kappa shape index (κ1) is 17.4. The molecule has 118 valence electrons. The van der Waals surface area contributed by atoms with E-state index in [1.807, 2.05) is 24.8 Å². The van der Waals surface area contributed by atoms with E-state index in [4.69, 9.17) is 0 Å². The Hall–Kier alpha value is -1.97. The van der Waals surface area contributed by atoms with Gasteiger partial charge in [-0.3, -0.25) is 0 Å². The maximum absolute atomic E-state index is 4.07. The molecule has 0 N–H and O–H groups in total. The van der Waals surface area contributed by atoms with Gasteiger partial charge >= 0.3 is 0 Å². The van der Waals surface area contributed by atoms with Crippen molar-refractivity contribution in [3.8, 4) is 0 Å². The molecule has 0 aliphatic rings. The molecule has 0 bridgehead atoms. The van der Waals surface area contributed by atoms with E-state index < -0.39 is 0 Å². The summed E-state index contributed by atoms with van der Waals surface area (Å²) in [5.74, 6) is 0. The van der Waals surface area contributed by atoms with Crippen LogP contribution in [0, 0.1) is 0 Å². The summed E-state index contributed by atoms with van der Waals surface area (Å²) in [6, 6.07) is 19.1. The van der Waals surface area contributed by atoms with Crippen molar-refractivity contribution in [2.24, 2.45) is 0 Å².